The minimum atomic E-state index is -1.26. The molecule has 38 heavy (non-hydrogen) atoms. The maximum Gasteiger partial charge on any atom is 0.407 e. The van der Waals surface area contributed by atoms with Crippen LogP contribution in [0.15, 0.2) is 53.6 Å². The summed E-state index contributed by atoms with van der Waals surface area (Å²) in [5.74, 6) is -2.75. The van der Waals surface area contributed by atoms with E-state index in [9.17, 15) is 19.5 Å². The van der Waals surface area contributed by atoms with Crippen molar-refractivity contribution in [3.05, 3.63) is 70.1 Å². The van der Waals surface area contributed by atoms with E-state index in [1.165, 1.54) is 0 Å². The van der Waals surface area contributed by atoms with E-state index in [2.05, 4.69) is 27.5 Å². The lowest BCUT2D eigenvalue weighted by molar-refractivity contribution is -0.168. The number of carboxylic acid groups (broad SMARTS) is 1. The molecule has 0 saturated carbocycles. The van der Waals surface area contributed by atoms with Crippen molar-refractivity contribution in [3.63, 3.8) is 0 Å². The van der Waals surface area contributed by atoms with Crippen LogP contribution in [0.4, 0.5) is 4.79 Å². The molecule has 0 aliphatic heterocycles. The molecule has 1 amide bonds. The Kier molecular flexibility index (Phi) is 10.5. The van der Waals surface area contributed by atoms with Crippen LogP contribution in [0.3, 0.4) is 0 Å². The van der Waals surface area contributed by atoms with Gasteiger partial charge in [-0.05, 0) is 53.0 Å². The average Bonchev–Trinajstić information content (AvgIpc) is 3.22. The van der Waals surface area contributed by atoms with Crippen LogP contribution < -0.4 is 5.32 Å². The number of benzene rings is 2. The summed E-state index contributed by atoms with van der Waals surface area (Å²) in [6.07, 6.45) is -0.333. The van der Waals surface area contributed by atoms with E-state index in [0.29, 0.717) is 19.3 Å². The van der Waals surface area contributed by atoms with Crippen molar-refractivity contribution in [1.82, 2.24) is 5.32 Å². The number of hydrogen-bond acceptors (Lipinski definition) is 6. The van der Waals surface area contributed by atoms with Crippen molar-refractivity contribution in [3.8, 4) is 11.1 Å². The highest BCUT2D eigenvalue weighted by molar-refractivity contribution is 5.80. The van der Waals surface area contributed by atoms with Crippen molar-refractivity contribution in [1.29, 1.82) is 0 Å². The van der Waals surface area contributed by atoms with E-state index in [4.69, 9.17) is 15.0 Å². The van der Waals surface area contributed by atoms with Gasteiger partial charge in [0.05, 0.1) is 5.92 Å². The summed E-state index contributed by atoms with van der Waals surface area (Å²) in [5.41, 5.74) is 12.9. The van der Waals surface area contributed by atoms with Crippen LogP contribution in [0.2, 0.25) is 0 Å². The molecule has 0 aromatic heterocycles. The fraction of sp³-hybridized carbons (Fsp3) is 0.464. The molecule has 2 N–H and O–H groups in total. The van der Waals surface area contributed by atoms with Gasteiger partial charge in [-0.1, -0.05) is 73.9 Å². The molecule has 0 heterocycles. The number of nitrogens with zero attached hydrogens (tertiary/aromatic N) is 3. The third-order valence-corrected chi connectivity index (χ3v) is 6.51. The summed E-state index contributed by atoms with van der Waals surface area (Å²) in [4.78, 5) is 39.7. The number of hydrogen-bond donors (Lipinski definition) is 2. The largest absolute Gasteiger partial charge is 0.479 e. The van der Waals surface area contributed by atoms with Gasteiger partial charge in [0.15, 0.2) is 6.10 Å². The standard InChI is InChI=1S/C28H34N4O6/c1-18(2)15-25(26(33)34)38-27(35)19(9-7-8-14-31-32-29)16-30-28(36)37-17-24-22-12-5-3-10-20(22)21-11-4-6-13-23(21)24/h3-6,10-13,18-19,24-25H,7-9,14-17H2,1-2H3,(H,30,36)(H,33,34)/t19-,25+/m1/s1. The number of fused-ring (bicyclic) bond motifs is 3. The van der Waals surface area contributed by atoms with Crippen LogP contribution in [-0.4, -0.2) is 48.9 Å². The summed E-state index contributed by atoms with van der Waals surface area (Å²) in [5, 5.41) is 15.6. The van der Waals surface area contributed by atoms with Crippen LogP contribution >= 0.6 is 0 Å². The number of carbonyl (C=O) groups is 3. The Morgan fingerprint density at radius 3 is 2.26 bits per heavy atom. The molecule has 0 unspecified atom stereocenters. The molecule has 0 fully saturated rings. The second-order valence-corrected chi connectivity index (χ2v) is 9.75. The number of carbonyl (C=O) groups excluding carboxylic acids is 2. The number of esters is 1. The van der Waals surface area contributed by atoms with E-state index in [1.54, 1.807) is 0 Å². The SMILES string of the molecule is CC(C)C[C@H](OC(=O)[C@H](CCCCN=[N+]=[N-])CNC(=O)OCC1c2ccccc2-c2ccccc21)C(=O)O. The Labute approximate surface area is 222 Å². The van der Waals surface area contributed by atoms with Gasteiger partial charge in [0.1, 0.15) is 6.61 Å². The van der Waals surface area contributed by atoms with Crippen molar-refractivity contribution < 1.29 is 29.0 Å². The number of ether oxygens (including phenoxy) is 2. The molecule has 3 rings (SSSR count). The fourth-order valence-corrected chi connectivity index (χ4v) is 4.64. The molecule has 2 aromatic carbocycles. The molecular weight excluding hydrogens is 488 g/mol. The number of aliphatic carboxylic acids is 1. The molecule has 10 heteroatoms. The second kappa shape index (κ2) is 14.0. The molecule has 2 aromatic rings. The molecule has 0 saturated heterocycles. The van der Waals surface area contributed by atoms with Gasteiger partial charge in [-0.15, -0.1) is 0 Å². The molecule has 1 aliphatic rings. The average molecular weight is 523 g/mol. The van der Waals surface area contributed by atoms with E-state index >= 15 is 0 Å². The molecule has 2 atom stereocenters. The number of nitrogens with one attached hydrogen (secondary N) is 1. The molecule has 202 valence electrons. The number of alkyl carbamates (subject to hydrolysis) is 1. The molecule has 0 bridgehead atoms. The summed E-state index contributed by atoms with van der Waals surface area (Å²) >= 11 is 0. The number of azide groups is 1. The van der Waals surface area contributed by atoms with Crippen molar-refractivity contribution in [2.24, 2.45) is 17.0 Å². The predicted molar refractivity (Wildman–Crippen MR) is 141 cm³/mol. The van der Waals surface area contributed by atoms with Crippen molar-refractivity contribution in [2.75, 3.05) is 19.7 Å². The van der Waals surface area contributed by atoms with Crippen molar-refractivity contribution in [2.45, 2.75) is 51.6 Å². The number of unbranched alkanes of at least 4 members (excludes halogenated alkanes) is 1. The van der Waals surface area contributed by atoms with E-state index in [0.717, 1.165) is 22.3 Å². The van der Waals surface area contributed by atoms with Gasteiger partial charge in [0.25, 0.3) is 0 Å². The highest BCUT2D eigenvalue weighted by Crippen LogP contribution is 2.44. The highest BCUT2D eigenvalue weighted by atomic mass is 16.6. The monoisotopic (exact) mass is 522 g/mol. The predicted octanol–water partition coefficient (Wildman–Crippen LogP) is 5.66. The maximum atomic E-state index is 12.9. The molecule has 1 aliphatic carbocycles. The lowest BCUT2D eigenvalue weighted by Crippen LogP contribution is -2.37. The molecular formula is C28H34N4O6. The van der Waals surface area contributed by atoms with E-state index in [1.807, 2.05) is 50.2 Å². The summed E-state index contributed by atoms with van der Waals surface area (Å²) < 4.78 is 10.9. The summed E-state index contributed by atoms with van der Waals surface area (Å²) in [6, 6.07) is 16.0. The Bertz CT molecular complexity index is 1130. The Morgan fingerprint density at radius 1 is 1.05 bits per heavy atom. The van der Waals surface area contributed by atoms with Gasteiger partial charge in [-0.25, -0.2) is 9.59 Å². The van der Waals surface area contributed by atoms with E-state index in [-0.39, 0.29) is 38.0 Å². The van der Waals surface area contributed by atoms with Gasteiger partial charge in [-0.3, -0.25) is 4.79 Å². The normalized spacial score (nSPS) is 13.6. The second-order valence-electron chi connectivity index (χ2n) is 9.75. The van der Waals surface area contributed by atoms with Crippen LogP contribution in [0, 0.1) is 11.8 Å². The quantitative estimate of drug-likeness (QED) is 0.107. The Morgan fingerprint density at radius 2 is 1.68 bits per heavy atom. The minimum absolute atomic E-state index is 0.0187. The van der Waals surface area contributed by atoms with Gasteiger partial charge in [0.2, 0.25) is 0 Å². The summed E-state index contributed by atoms with van der Waals surface area (Å²) in [6.45, 7) is 4.04. The Hall–Kier alpha value is -4.04. The first-order chi connectivity index (χ1) is 18.3. The third kappa shape index (κ3) is 7.73. The number of amides is 1. The lowest BCUT2D eigenvalue weighted by Gasteiger charge is -2.21. The highest BCUT2D eigenvalue weighted by Gasteiger charge is 2.30. The lowest BCUT2D eigenvalue weighted by atomic mass is 9.98. The van der Waals surface area contributed by atoms with Crippen LogP contribution in [-0.2, 0) is 19.1 Å². The zero-order chi connectivity index (χ0) is 27.5. The van der Waals surface area contributed by atoms with Gasteiger partial charge < -0.3 is 19.9 Å². The fourth-order valence-electron chi connectivity index (χ4n) is 4.64. The first-order valence-corrected chi connectivity index (χ1v) is 12.8. The third-order valence-electron chi connectivity index (χ3n) is 6.51. The summed E-state index contributed by atoms with van der Waals surface area (Å²) in [7, 11) is 0. The first-order valence-electron chi connectivity index (χ1n) is 12.8. The zero-order valence-corrected chi connectivity index (χ0v) is 21.7. The molecule has 10 nitrogen and oxygen atoms in total. The van der Waals surface area contributed by atoms with Crippen molar-refractivity contribution >= 4 is 18.0 Å². The number of carboxylic acids is 1. The topological polar surface area (TPSA) is 151 Å². The van der Waals surface area contributed by atoms with Crippen LogP contribution in [0.1, 0.15) is 56.6 Å². The smallest absolute Gasteiger partial charge is 0.407 e. The van der Waals surface area contributed by atoms with Crippen LogP contribution in [0.25, 0.3) is 21.6 Å². The molecule has 0 spiro atoms. The van der Waals surface area contributed by atoms with Gasteiger partial charge >= 0.3 is 18.0 Å². The van der Waals surface area contributed by atoms with Gasteiger partial charge in [0, 0.05) is 23.9 Å². The van der Waals surface area contributed by atoms with Gasteiger partial charge in [-0.2, -0.15) is 0 Å². The minimum Gasteiger partial charge on any atom is -0.479 e. The maximum absolute atomic E-state index is 12.9. The zero-order valence-electron chi connectivity index (χ0n) is 21.7. The number of rotatable bonds is 14. The molecule has 0 radical (unpaired) electrons. The van der Waals surface area contributed by atoms with Crippen LogP contribution in [0.5, 0.6) is 0 Å². The Balaban J connectivity index is 1.59. The van der Waals surface area contributed by atoms with E-state index < -0.39 is 30.1 Å². The first kappa shape index (κ1) is 28.5.